The fourth-order valence-electron chi connectivity index (χ4n) is 3.55. The minimum Gasteiger partial charge on any atom is -0.481 e. The number of rotatable bonds is 4. The Morgan fingerprint density at radius 1 is 1.22 bits per heavy atom. The molecular weight excluding hydrogens is 386 g/mol. The Hall–Kier alpha value is -2.43. The topological polar surface area (TPSA) is 122 Å². The molecule has 1 aliphatic carbocycles. The van der Waals surface area contributed by atoms with Crippen LogP contribution in [0.3, 0.4) is 0 Å². The van der Waals surface area contributed by atoms with Crippen LogP contribution in [0.5, 0.6) is 0 Å². The second-order valence-corrected chi connectivity index (χ2v) is 8.78. The maximum Gasteiger partial charge on any atom is 0.326 e. The monoisotopic (exact) mass is 402 g/mol. The summed E-state index contributed by atoms with van der Waals surface area (Å²) in [6.45, 7) is -0.523. The van der Waals surface area contributed by atoms with Gasteiger partial charge in [0, 0.05) is 19.2 Å². The van der Waals surface area contributed by atoms with E-state index in [1.807, 2.05) is 0 Å². The molecule has 2 fully saturated rings. The molecule has 3 rings (SSSR count). The number of carbonyl (C=O) groups is 3. The molecule has 0 radical (unpaired) electrons. The molecule has 1 saturated carbocycles. The van der Waals surface area contributed by atoms with Gasteiger partial charge in [0.25, 0.3) is 5.91 Å². The molecule has 0 bridgehead atoms. The van der Waals surface area contributed by atoms with E-state index in [4.69, 9.17) is 0 Å². The van der Waals surface area contributed by atoms with Crippen LogP contribution in [0.4, 0.5) is 8.78 Å². The fraction of sp³-hybridized carbons (Fsp3) is 0.500. The lowest BCUT2D eigenvalue weighted by molar-refractivity contribution is -0.158. The van der Waals surface area contributed by atoms with Gasteiger partial charge in [-0.2, -0.15) is 8.78 Å². The van der Waals surface area contributed by atoms with Crippen molar-refractivity contribution in [1.29, 1.82) is 0 Å². The van der Waals surface area contributed by atoms with Gasteiger partial charge in [0.15, 0.2) is 14.9 Å². The molecule has 1 N–H and O–H groups in total. The van der Waals surface area contributed by atoms with Crippen LogP contribution in [-0.2, 0) is 24.2 Å². The molecular formula is C16H16F2N2O6S. The van der Waals surface area contributed by atoms with Crippen LogP contribution in [0.25, 0.3) is 0 Å². The van der Waals surface area contributed by atoms with Crippen LogP contribution >= 0.6 is 0 Å². The zero-order valence-electron chi connectivity index (χ0n) is 13.9. The van der Waals surface area contributed by atoms with Crippen LogP contribution in [0, 0.1) is 11.8 Å². The van der Waals surface area contributed by atoms with Gasteiger partial charge >= 0.3 is 11.9 Å². The van der Waals surface area contributed by atoms with Crippen molar-refractivity contribution >= 4 is 27.6 Å². The van der Waals surface area contributed by atoms with Crippen LogP contribution in [0.15, 0.2) is 29.4 Å². The van der Waals surface area contributed by atoms with Crippen molar-refractivity contribution in [2.45, 2.75) is 35.5 Å². The zero-order valence-corrected chi connectivity index (χ0v) is 14.7. The van der Waals surface area contributed by atoms with E-state index in [1.165, 1.54) is 24.4 Å². The highest BCUT2D eigenvalue weighted by atomic mass is 32.2. The maximum absolute atomic E-state index is 13.4. The van der Waals surface area contributed by atoms with E-state index in [0.29, 0.717) is 4.90 Å². The van der Waals surface area contributed by atoms with Gasteiger partial charge in [0.1, 0.15) is 0 Å². The number of sulfone groups is 1. The highest BCUT2D eigenvalue weighted by Gasteiger charge is 2.55. The van der Waals surface area contributed by atoms with Crippen molar-refractivity contribution in [3.63, 3.8) is 0 Å². The van der Waals surface area contributed by atoms with Crippen molar-refractivity contribution < 1.29 is 36.7 Å². The first kappa shape index (κ1) is 19.3. The molecule has 3 atom stereocenters. The van der Waals surface area contributed by atoms with E-state index < -0.39 is 63.6 Å². The Balaban J connectivity index is 1.87. The van der Waals surface area contributed by atoms with Gasteiger partial charge in [0.05, 0.1) is 17.1 Å². The number of imide groups is 1. The Bertz CT molecular complexity index is 889. The molecule has 27 heavy (non-hydrogen) atoms. The van der Waals surface area contributed by atoms with Gasteiger partial charge in [-0.15, -0.1) is 0 Å². The van der Waals surface area contributed by atoms with Gasteiger partial charge in [-0.1, -0.05) is 6.07 Å². The lowest BCUT2D eigenvalue weighted by Gasteiger charge is -2.21. The fourth-order valence-corrected chi connectivity index (χ4v) is 5.28. The molecule has 1 aromatic heterocycles. The number of aromatic nitrogens is 1. The zero-order chi connectivity index (χ0) is 20.0. The molecule has 8 nitrogen and oxygen atoms in total. The SMILES string of the molecule is O=C(O)[C@@H]1C[C@H](S(=O)(=O)c2ccccn2)C[C@H]1C(=O)N1CCC(F)(F)C1=O. The number of carbonyl (C=O) groups excluding carboxylic acids is 2. The number of nitrogens with zero attached hydrogens (tertiary/aromatic N) is 2. The smallest absolute Gasteiger partial charge is 0.326 e. The first-order chi connectivity index (χ1) is 12.6. The molecule has 2 amide bonds. The third kappa shape index (κ3) is 3.31. The molecule has 2 aliphatic rings. The highest BCUT2D eigenvalue weighted by Crippen LogP contribution is 2.40. The maximum atomic E-state index is 13.4. The molecule has 11 heteroatoms. The molecule has 0 spiro atoms. The van der Waals surface area contributed by atoms with Crippen LogP contribution in [-0.4, -0.2) is 58.9 Å². The Kier molecular flexibility index (Phi) is 4.74. The van der Waals surface area contributed by atoms with Gasteiger partial charge in [-0.05, 0) is 25.0 Å². The number of halogens is 2. The van der Waals surface area contributed by atoms with E-state index in [0.717, 1.165) is 0 Å². The number of carboxylic acids is 1. The number of aliphatic carboxylic acids is 1. The quantitative estimate of drug-likeness (QED) is 0.737. The molecule has 146 valence electrons. The Morgan fingerprint density at radius 2 is 1.89 bits per heavy atom. The van der Waals surface area contributed by atoms with Crippen molar-refractivity contribution in [2.75, 3.05) is 6.54 Å². The molecule has 1 saturated heterocycles. The second kappa shape index (κ2) is 6.63. The van der Waals surface area contributed by atoms with E-state index in [9.17, 15) is 36.7 Å². The number of carboxylic acid groups (broad SMARTS) is 1. The lowest BCUT2D eigenvalue weighted by Crippen LogP contribution is -2.43. The number of hydrogen-bond donors (Lipinski definition) is 1. The van der Waals surface area contributed by atoms with E-state index in [1.54, 1.807) is 0 Å². The summed E-state index contributed by atoms with van der Waals surface area (Å²) in [5, 5.41) is 7.92. The number of pyridine rings is 1. The predicted octanol–water partition coefficient (Wildman–Crippen LogP) is 0.729. The van der Waals surface area contributed by atoms with Crippen molar-refractivity contribution in [3.8, 4) is 0 Å². The third-order valence-corrected chi connectivity index (χ3v) is 7.08. The number of hydrogen-bond acceptors (Lipinski definition) is 6. The highest BCUT2D eigenvalue weighted by molar-refractivity contribution is 7.92. The summed E-state index contributed by atoms with van der Waals surface area (Å²) in [5.41, 5.74) is 0. The average molecular weight is 402 g/mol. The number of alkyl halides is 2. The predicted molar refractivity (Wildman–Crippen MR) is 85.3 cm³/mol. The van der Waals surface area contributed by atoms with Gasteiger partial charge in [0.2, 0.25) is 5.91 Å². The summed E-state index contributed by atoms with van der Waals surface area (Å²) in [5.74, 6) is -10.6. The summed E-state index contributed by atoms with van der Waals surface area (Å²) < 4.78 is 52.2. The summed E-state index contributed by atoms with van der Waals surface area (Å²) >= 11 is 0. The molecule has 1 aliphatic heterocycles. The average Bonchev–Trinajstić information content (AvgIpc) is 3.18. The minimum absolute atomic E-state index is 0.254. The molecule has 1 aromatic rings. The summed E-state index contributed by atoms with van der Waals surface area (Å²) in [6.07, 6.45) is -0.297. The van der Waals surface area contributed by atoms with E-state index in [-0.39, 0.29) is 17.9 Å². The molecule has 0 aromatic carbocycles. The Morgan fingerprint density at radius 3 is 2.41 bits per heavy atom. The van der Waals surface area contributed by atoms with Crippen molar-refractivity contribution in [1.82, 2.24) is 9.88 Å². The van der Waals surface area contributed by atoms with E-state index >= 15 is 0 Å². The van der Waals surface area contributed by atoms with Crippen LogP contribution in [0.2, 0.25) is 0 Å². The van der Waals surface area contributed by atoms with E-state index in [2.05, 4.69) is 4.98 Å². The lowest BCUT2D eigenvalue weighted by atomic mass is 9.95. The van der Waals surface area contributed by atoms with Gasteiger partial charge < -0.3 is 5.11 Å². The van der Waals surface area contributed by atoms with Crippen LogP contribution < -0.4 is 0 Å². The summed E-state index contributed by atoms with van der Waals surface area (Å²) in [6, 6.07) is 4.22. The molecule has 0 unspecified atom stereocenters. The van der Waals surface area contributed by atoms with Gasteiger partial charge in [-0.25, -0.2) is 13.4 Å². The van der Waals surface area contributed by atoms with Crippen LogP contribution in [0.1, 0.15) is 19.3 Å². The second-order valence-electron chi connectivity index (χ2n) is 6.61. The first-order valence-corrected chi connectivity index (χ1v) is 9.71. The first-order valence-electron chi connectivity index (χ1n) is 8.17. The minimum atomic E-state index is -4.01. The largest absolute Gasteiger partial charge is 0.481 e. The Labute approximate surface area is 153 Å². The third-order valence-electron chi connectivity index (χ3n) is 5.00. The molecule has 2 heterocycles. The number of amides is 2. The summed E-state index contributed by atoms with van der Waals surface area (Å²) in [7, 11) is -4.01. The standard InChI is InChI=1S/C16H16F2N2O6S/c17-16(18)4-6-20(15(16)24)13(21)10-7-9(8-11(10)14(22)23)27(25,26)12-3-1-2-5-19-12/h1-3,5,9-11H,4,6-8H2,(H,22,23)/t9-,10-,11-/m1/s1. The van der Waals surface area contributed by atoms with Gasteiger partial charge in [-0.3, -0.25) is 19.3 Å². The normalized spacial score (nSPS) is 27.7. The number of likely N-dealkylation sites (tertiary alicyclic amines) is 1. The van der Waals surface area contributed by atoms with Crippen molar-refractivity contribution in [3.05, 3.63) is 24.4 Å². The van der Waals surface area contributed by atoms with Crippen molar-refractivity contribution in [2.24, 2.45) is 11.8 Å². The summed E-state index contributed by atoms with van der Waals surface area (Å²) in [4.78, 5) is 39.9.